The van der Waals surface area contributed by atoms with Gasteiger partial charge in [-0.15, -0.1) is 0 Å². The molecule has 78 heavy (non-hydrogen) atoms. The molecule has 0 amide bonds. The summed E-state index contributed by atoms with van der Waals surface area (Å²) in [4.78, 5) is 38.4. The van der Waals surface area contributed by atoms with Crippen LogP contribution in [0.3, 0.4) is 0 Å². The minimum atomic E-state index is -0.789. The molecule has 0 bridgehead atoms. The third-order valence-electron chi connectivity index (χ3n) is 14.6. The van der Waals surface area contributed by atoms with Crippen LogP contribution in [0.2, 0.25) is 0 Å². The number of carbonyl (C=O) groups excluding carboxylic acids is 3. The van der Waals surface area contributed by atoms with Gasteiger partial charge in [-0.2, -0.15) is 0 Å². The molecule has 1 atom stereocenters. The van der Waals surface area contributed by atoms with Gasteiger partial charge in [0.15, 0.2) is 6.10 Å². The maximum Gasteiger partial charge on any atom is 0.306 e. The Balaban J connectivity index is 4.36. The lowest BCUT2D eigenvalue weighted by Crippen LogP contribution is -2.30. The monoisotopic (exact) mass is 1090 g/mol. The Morgan fingerprint density at radius 1 is 0.256 bits per heavy atom. The highest BCUT2D eigenvalue weighted by Gasteiger charge is 2.19. The van der Waals surface area contributed by atoms with E-state index in [1.165, 1.54) is 199 Å². The molecule has 0 saturated carbocycles. The Labute approximate surface area is 484 Å². The van der Waals surface area contributed by atoms with Crippen molar-refractivity contribution in [3.05, 3.63) is 85.1 Å². The van der Waals surface area contributed by atoms with Crippen LogP contribution in [0.15, 0.2) is 85.1 Å². The Bertz CT molecular complexity index is 1480. The van der Waals surface area contributed by atoms with Crippen LogP contribution in [-0.4, -0.2) is 37.2 Å². The van der Waals surface area contributed by atoms with Gasteiger partial charge in [0.05, 0.1) is 0 Å². The van der Waals surface area contributed by atoms with Crippen LogP contribution in [0.4, 0.5) is 0 Å². The van der Waals surface area contributed by atoms with Gasteiger partial charge < -0.3 is 14.2 Å². The fourth-order valence-electron chi connectivity index (χ4n) is 9.51. The van der Waals surface area contributed by atoms with Crippen molar-refractivity contribution in [3.8, 4) is 0 Å². The molecule has 0 aliphatic rings. The molecule has 0 spiro atoms. The van der Waals surface area contributed by atoms with Crippen LogP contribution in [0.1, 0.15) is 335 Å². The number of ether oxygens (including phenoxy) is 3. The lowest BCUT2D eigenvalue weighted by atomic mass is 10.0. The van der Waals surface area contributed by atoms with Gasteiger partial charge in [0.2, 0.25) is 0 Å². The van der Waals surface area contributed by atoms with E-state index in [0.29, 0.717) is 19.3 Å². The van der Waals surface area contributed by atoms with Gasteiger partial charge in [-0.1, -0.05) is 279 Å². The first-order chi connectivity index (χ1) is 38.5. The van der Waals surface area contributed by atoms with E-state index in [1.807, 2.05) is 0 Å². The average Bonchev–Trinajstić information content (AvgIpc) is 3.44. The first kappa shape index (κ1) is 74.6. The molecule has 0 aliphatic heterocycles. The van der Waals surface area contributed by atoms with Gasteiger partial charge in [-0.25, -0.2) is 0 Å². The second-order valence-electron chi connectivity index (χ2n) is 22.4. The molecule has 450 valence electrons. The van der Waals surface area contributed by atoms with Gasteiger partial charge in [0, 0.05) is 19.3 Å². The van der Waals surface area contributed by atoms with Crippen molar-refractivity contribution in [2.75, 3.05) is 13.2 Å². The molecule has 0 aliphatic carbocycles. The summed E-state index contributed by atoms with van der Waals surface area (Å²) in [5.41, 5.74) is 0. The second-order valence-corrected chi connectivity index (χ2v) is 22.4. The van der Waals surface area contributed by atoms with Gasteiger partial charge in [0.25, 0.3) is 0 Å². The van der Waals surface area contributed by atoms with Gasteiger partial charge in [0.1, 0.15) is 13.2 Å². The lowest BCUT2D eigenvalue weighted by Gasteiger charge is -2.18. The lowest BCUT2D eigenvalue weighted by molar-refractivity contribution is -0.167. The van der Waals surface area contributed by atoms with Gasteiger partial charge >= 0.3 is 17.9 Å². The maximum absolute atomic E-state index is 12.9. The Kier molecular flexibility index (Phi) is 63.2. The number of hydrogen-bond acceptors (Lipinski definition) is 6. The normalized spacial score (nSPS) is 12.6. The highest BCUT2D eigenvalue weighted by Crippen LogP contribution is 2.16. The third kappa shape index (κ3) is 63.4. The zero-order chi connectivity index (χ0) is 56.4. The second kappa shape index (κ2) is 66.1. The van der Waals surface area contributed by atoms with E-state index < -0.39 is 6.10 Å². The molecular formula is C72H126O6. The third-order valence-corrected chi connectivity index (χ3v) is 14.6. The Morgan fingerprint density at radius 3 is 0.756 bits per heavy atom. The number of allylic oxidation sites excluding steroid dienone is 14. The van der Waals surface area contributed by atoms with Crippen molar-refractivity contribution in [2.24, 2.45) is 0 Å². The van der Waals surface area contributed by atoms with Crippen LogP contribution in [0, 0.1) is 0 Å². The van der Waals surface area contributed by atoms with Crippen LogP contribution in [0.5, 0.6) is 0 Å². The minimum Gasteiger partial charge on any atom is -0.462 e. The molecule has 0 aromatic carbocycles. The molecule has 0 aromatic rings. The van der Waals surface area contributed by atoms with Crippen LogP contribution < -0.4 is 0 Å². The van der Waals surface area contributed by atoms with E-state index in [0.717, 1.165) is 96.3 Å². The molecule has 0 saturated heterocycles. The highest BCUT2D eigenvalue weighted by molar-refractivity contribution is 5.71. The fraction of sp³-hybridized carbons (Fsp3) is 0.764. The van der Waals surface area contributed by atoms with E-state index in [4.69, 9.17) is 14.2 Å². The molecule has 6 heteroatoms. The zero-order valence-electron chi connectivity index (χ0n) is 51.7. The summed E-state index contributed by atoms with van der Waals surface area (Å²) >= 11 is 0. The number of rotatable bonds is 61. The summed E-state index contributed by atoms with van der Waals surface area (Å²) in [5, 5.41) is 0. The zero-order valence-corrected chi connectivity index (χ0v) is 51.7. The van der Waals surface area contributed by atoms with Crippen molar-refractivity contribution in [1.29, 1.82) is 0 Å². The predicted molar refractivity (Wildman–Crippen MR) is 339 cm³/mol. The SMILES string of the molecule is CCCCC/C=C\C/C=C\CCCCCCCCCCCC(=O)OC(COC(=O)CCCCCCC/C=C\C/C=C\CCCCCC)COC(=O)CCCCCCCCCCCC/C=C\C/C=C\C/C=C\CCCCCCC. The summed E-state index contributed by atoms with van der Waals surface area (Å²) < 4.78 is 17.0. The quantitative estimate of drug-likeness (QED) is 0.0261. The van der Waals surface area contributed by atoms with Crippen molar-refractivity contribution in [1.82, 2.24) is 0 Å². The summed E-state index contributed by atoms with van der Waals surface area (Å²) in [7, 11) is 0. The topological polar surface area (TPSA) is 78.9 Å². The number of esters is 3. The number of unbranched alkanes of at least 4 members (excludes halogenated alkanes) is 36. The van der Waals surface area contributed by atoms with Crippen molar-refractivity contribution in [2.45, 2.75) is 341 Å². The predicted octanol–water partition coefficient (Wildman–Crippen LogP) is 23.1. The number of carbonyl (C=O) groups is 3. The smallest absolute Gasteiger partial charge is 0.306 e. The van der Waals surface area contributed by atoms with E-state index in [-0.39, 0.29) is 31.1 Å². The molecule has 1 unspecified atom stereocenters. The molecule has 0 N–H and O–H groups in total. The molecule has 0 rings (SSSR count). The van der Waals surface area contributed by atoms with Crippen molar-refractivity contribution < 1.29 is 28.6 Å². The molecule has 0 fully saturated rings. The molecule has 6 nitrogen and oxygen atoms in total. The Hall–Kier alpha value is -3.41. The van der Waals surface area contributed by atoms with Crippen molar-refractivity contribution >= 4 is 17.9 Å². The maximum atomic E-state index is 12.9. The standard InChI is InChI=1S/C72H126O6/c1-4-7-10-13-16-19-22-25-28-31-33-34-35-36-37-38-40-41-44-47-50-53-56-59-62-65-71(74)77-68-69(67-76-70(73)64-61-58-55-52-49-46-43-30-27-24-21-18-15-12-9-6-3)78-72(75)66-63-60-57-54-51-48-45-42-39-32-29-26-23-20-17-14-11-8-5-2/h17,20-22,24-26,29-31,33,35-36,43,69H,4-16,18-19,23,27-28,32,34,37-42,44-68H2,1-3H3/b20-17-,24-21-,25-22-,29-26-,33-31-,36-35-,43-30-. The van der Waals surface area contributed by atoms with Crippen LogP contribution in [0.25, 0.3) is 0 Å². The first-order valence-electron chi connectivity index (χ1n) is 33.6. The summed E-state index contributed by atoms with van der Waals surface area (Å²) in [6.45, 7) is 6.60. The van der Waals surface area contributed by atoms with E-state index in [2.05, 4.69) is 106 Å². The molecule has 0 radical (unpaired) electrons. The molecular weight excluding hydrogens is 961 g/mol. The van der Waals surface area contributed by atoms with E-state index in [9.17, 15) is 14.4 Å². The largest absolute Gasteiger partial charge is 0.462 e. The molecule has 0 aromatic heterocycles. The van der Waals surface area contributed by atoms with E-state index >= 15 is 0 Å². The molecule has 0 heterocycles. The van der Waals surface area contributed by atoms with Gasteiger partial charge in [-0.3, -0.25) is 14.4 Å². The van der Waals surface area contributed by atoms with Crippen LogP contribution in [-0.2, 0) is 28.6 Å². The first-order valence-corrected chi connectivity index (χ1v) is 33.6. The Morgan fingerprint density at radius 2 is 0.462 bits per heavy atom. The fourth-order valence-corrected chi connectivity index (χ4v) is 9.51. The van der Waals surface area contributed by atoms with Crippen molar-refractivity contribution in [3.63, 3.8) is 0 Å². The van der Waals surface area contributed by atoms with Gasteiger partial charge in [-0.05, 0) is 122 Å². The highest BCUT2D eigenvalue weighted by atomic mass is 16.6. The summed E-state index contributed by atoms with van der Waals surface area (Å²) in [6, 6.07) is 0. The summed E-state index contributed by atoms with van der Waals surface area (Å²) in [5.74, 6) is -0.891. The van der Waals surface area contributed by atoms with E-state index in [1.54, 1.807) is 0 Å². The number of hydrogen-bond donors (Lipinski definition) is 0. The summed E-state index contributed by atoms with van der Waals surface area (Å²) in [6.07, 6.45) is 87.3. The average molecular weight is 1090 g/mol. The minimum absolute atomic E-state index is 0.0838. The van der Waals surface area contributed by atoms with Crippen LogP contribution >= 0.6 is 0 Å².